The van der Waals surface area contributed by atoms with E-state index in [9.17, 15) is 8.42 Å². The molecular formula is C11H18N6O2S. The van der Waals surface area contributed by atoms with Crippen molar-refractivity contribution < 1.29 is 8.42 Å². The fourth-order valence-electron chi connectivity index (χ4n) is 1.84. The number of nitrogen functional groups attached to an aromatic ring is 1. The average molecular weight is 298 g/mol. The second kappa shape index (κ2) is 5.63. The van der Waals surface area contributed by atoms with E-state index in [0.717, 1.165) is 0 Å². The molecule has 2 rings (SSSR count). The Morgan fingerprint density at radius 2 is 2.20 bits per heavy atom. The number of nitrogens with one attached hydrogen (secondary N) is 1. The molecule has 0 bridgehead atoms. The summed E-state index contributed by atoms with van der Waals surface area (Å²) < 4.78 is 30.2. The van der Waals surface area contributed by atoms with Gasteiger partial charge in [-0.15, -0.1) is 0 Å². The molecule has 1 unspecified atom stereocenters. The Kier molecular flexibility index (Phi) is 4.09. The number of anilines is 1. The predicted molar refractivity (Wildman–Crippen MR) is 74.3 cm³/mol. The summed E-state index contributed by atoms with van der Waals surface area (Å²) in [5.74, 6) is 0.00522. The smallest absolute Gasteiger partial charge is 0.246 e. The molecule has 2 heterocycles. The Bertz CT molecular complexity index is 661. The van der Waals surface area contributed by atoms with Crippen LogP contribution in [0.3, 0.4) is 0 Å². The van der Waals surface area contributed by atoms with E-state index in [4.69, 9.17) is 5.73 Å². The highest BCUT2D eigenvalue weighted by molar-refractivity contribution is 7.89. The van der Waals surface area contributed by atoms with Crippen molar-refractivity contribution >= 4 is 15.8 Å². The molecule has 0 saturated heterocycles. The number of rotatable bonds is 6. The highest BCUT2D eigenvalue weighted by Gasteiger charge is 2.23. The van der Waals surface area contributed by atoms with Crippen LogP contribution in [0, 0.1) is 0 Å². The first-order valence-corrected chi connectivity index (χ1v) is 7.73. The third-order valence-corrected chi connectivity index (χ3v) is 4.35. The van der Waals surface area contributed by atoms with Crippen LogP contribution in [-0.4, -0.2) is 34.0 Å². The molecule has 0 radical (unpaired) electrons. The molecule has 8 nitrogen and oxygen atoms in total. The second-order valence-corrected chi connectivity index (χ2v) is 6.17. The Morgan fingerprint density at radius 3 is 2.75 bits per heavy atom. The van der Waals surface area contributed by atoms with Crippen molar-refractivity contribution in [1.29, 1.82) is 0 Å². The van der Waals surface area contributed by atoms with Crippen molar-refractivity contribution in [2.75, 3.05) is 5.73 Å². The third kappa shape index (κ3) is 3.17. The summed E-state index contributed by atoms with van der Waals surface area (Å²) in [4.78, 5) is 0.00617. The van der Waals surface area contributed by atoms with E-state index in [-0.39, 0.29) is 16.8 Å². The van der Waals surface area contributed by atoms with Crippen molar-refractivity contribution in [1.82, 2.24) is 24.3 Å². The van der Waals surface area contributed by atoms with Gasteiger partial charge >= 0.3 is 0 Å². The van der Waals surface area contributed by atoms with Gasteiger partial charge in [0.2, 0.25) is 10.0 Å². The molecule has 2 aromatic heterocycles. The van der Waals surface area contributed by atoms with E-state index in [1.54, 1.807) is 30.1 Å². The lowest BCUT2D eigenvalue weighted by Gasteiger charge is -2.13. The SMILES string of the molecule is CCn1cc(S(=O)(=O)NC(C)Cn2cccn2)c(N)n1. The van der Waals surface area contributed by atoms with Gasteiger partial charge in [-0.3, -0.25) is 9.36 Å². The minimum atomic E-state index is -3.68. The van der Waals surface area contributed by atoms with E-state index >= 15 is 0 Å². The van der Waals surface area contributed by atoms with Gasteiger partial charge in [0, 0.05) is 31.2 Å². The van der Waals surface area contributed by atoms with Crippen molar-refractivity contribution in [3.63, 3.8) is 0 Å². The quantitative estimate of drug-likeness (QED) is 0.783. The van der Waals surface area contributed by atoms with Crippen LogP contribution in [0.2, 0.25) is 0 Å². The Morgan fingerprint density at radius 1 is 1.45 bits per heavy atom. The summed E-state index contributed by atoms with van der Waals surface area (Å²) in [7, 11) is -3.68. The van der Waals surface area contributed by atoms with E-state index in [0.29, 0.717) is 13.1 Å². The van der Waals surface area contributed by atoms with E-state index in [1.165, 1.54) is 10.9 Å². The van der Waals surface area contributed by atoms with Gasteiger partial charge in [-0.25, -0.2) is 13.1 Å². The zero-order valence-corrected chi connectivity index (χ0v) is 12.2. The van der Waals surface area contributed by atoms with Gasteiger partial charge in [0.25, 0.3) is 0 Å². The summed E-state index contributed by atoms with van der Waals surface area (Å²) in [5, 5.41) is 7.97. The van der Waals surface area contributed by atoms with Crippen molar-refractivity contribution in [2.45, 2.75) is 37.9 Å². The summed E-state index contributed by atoms with van der Waals surface area (Å²) in [6.45, 7) is 4.62. The van der Waals surface area contributed by atoms with Gasteiger partial charge in [-0.05, 0) is 19.9 Å². The van der Waals surface area contributed by atoms with Gasteiger partial charge in [0.1, 0.15) is 4.90 Å². The monoisotopic (exact) mass is 298 g/mol. The number of aryl methyl sites for hydroxylation is 1. The number of hydrogen-bond acceptors (Lipinski definition) is 5. The molecule has 0 amide bonds. The van der Waals surface area contributed by atoms with Gasteiger partial charge in [-0.1, -0.05) is 0 Å². The van der Waals surface area contributed by atoms with Crippen LogP contribution in [0.5, 0.6) is 0 Å². The predicted octanol–water partition coefficient (Wildman–Crippen LogP) is 0.0487. The molecule has 0 aromatic carbocycles. The lowest BCUT2D eigenvalue weighted by molar-refractivity contribution is 0.494. The molecule has 3 N–H and O–H groups in total. The zero-order chi connectivity index (χ0) is 14.8. The van der Waals surface area contributed by atoms with Gasteiger partial charge in [0.15, 0.2) is 5.82 Å². The molecule has 0 spiro atoms. The van der Waals surface area contributed by atoms with Crippen LogP contribution in [0.15, 0.2) is 29.6 Å². The van der Waals surface area contributed by atoms with E-state index in [1.807, 2.05) is 6.92 Å². The summed E-state index contributed by atoms with van der Waals surface area (Å²) in [5.41, 5.74) is 5.65. The molecule has 9 heteroatoms. The summed E-state index contributed by atoms with van der Waals surface area (Å²) >= 11 is 0. The lowest BCUT2D eigenvalue weighted by atomic mass is 10.4. The van der Waals surface area contributed by atoms with Crippen LogP contribution < -0.4 is 10.5 Å². The Balaban J connectivity index is 2.12. The minimum Gasteiger partial charge on any atom is -0.381 e. The van der Waals surface area contributed by atoms with Crippen LogP contribution in [0.1, 0.15) is 13.8 Å². The highest BCUT2D eigenvalue weighted by atomic mass is 32.2. The first-order valence-electron chi connectivity index (χ1n) is 6.25. The molecule has 0 aliphatic carbocycles. The molecule has 2 aromatic rings. The van der Waals surface area contributed by atoms with Crippen LogP contribution in [0.25, 0.3) is 0 Å². The first-order chi connectivity index (χ1) is 9.42. The van der Waals surface area contributed by atoms with Crippen LogP contribution in [-0.2, 0) is 23.1 Å². The van der Waals surface area contributed by atoms with Crippen molar-refractivity contribution in [3.05, 3.63) is 24.7 Å². The van der Waals surface area contributed by atoms with Gasteiger partial charge < -0.3 is 5.73 Å². The van der Waals surface area contributed by atoms with Crippen LogP contribution >= 0.6 is 0 Å². The Labute approximate surface area is 117 Å². The van der Waals surface area contributed by atoms with E-state index in [2.05, 4.69) is 14.9 Å². The fourth-order valence-corrected chi connectivity index (χ4v) is 3.15. The molecular weight excluding hydrogens is 280 g/mol. The minimum absolute atomic E-state index is 0.00522. The van der Waals surface area contributed by atoms with Crippen LogP contribution in [0.4, 0.5) is 5.82 Å². The van der Waals surface area contributed by atoms with Crippen molar-refractivity contribution in [2.24, 2.45) is 0 Å². The molecule has 110 valence electrons. The van der Waals surface area contributed by atoms with Gasteiger partial charge in [-0.2, -0.15) is 10.2 Å². The molecule has 0 aliphatic heterocycles. The van der Waals surface area contributed by atoms with Crippen molar-refractivity contribution in [3.8, 4) is 0 Å². The first kappa shape index (κ1) is 14.5. The topological polar surface area (TPSA) is 108 Å². The summed E-state index contributed by atoms with van der Waals surface area (Å²) in [6.07, 6.45) is 4.84. The highest BCUT2D eigenvalue weighted by Crippen LogP contribution is 2.16. The maximum Gasteiger partial charge on any atom is 0.246 e. The molecule has 0 aliphatic rings. The maximum atomic E-state index is 12.2. The Hall–Kier alpha value is -1.87. The molecule has 0 fully saturated rings. The molecule has 1 atom stereocenters. The molecule has 0 saturated carbocycles. The number of sulfonamides is 1. The lowest BCUT2D eigenvalue weighted by Crippen LogP contribution is -2.35. The third-order valence-electron chi connectivity index (χ3n) is 2.74. The maximum absolute atomic E-state index is 12.2. The fraction of sp³-hybridized carbons (Fsp3) is 0.455. The average Bonchev–Trinajstić information content (AvgIpc) is 2.97. The van der Waals surface area contributed by atoms with E-state index < -0.39 is 10.0 Å². The standard InChI is InChI=1S/C11H18N6O2S/c1-3-16-8-10(11(12)14-16)20(18,19)15-9(2)7-17-6-4-5-13-17/h4-6,8-9,15H,3,7H2,1-2H3,(H2,12,14). The molecule has 20 heavy (non-hydrogen) atoms. The van der Waals surface area contributed by atoms with Gasteiger partial charge in [0.05, 0.1) is 6.54 Å². The number of nitrogens with zero attached hydrogens (tertiary/aromatic N) is 4. The second-order valence-electron chi connectivity index (χ2n) is 4.48. The zero-order valence-electron chi connectivity index (χ0n) is 11.4. The normalized spacial score (nSPS) is 13.5. The number of aromatic nitrogens is 4. The number of hydrogen-bond donors (Lipinski definition) is 2. The summed E-state index contributed by atoms with van der Waals surface area (Å²) in [6, 6.07) is 1.47. The number of nitrogens with two attached hydrogens (primary N) is 1. The largest absolute Gasteiger partial charge is 0.381 e.